The highest BCUT2D eigenvalue weighted by atomic mass is 32.2. The van der Waals surface area contributed by atoms with E-state index in [0.29, 0.717) is 49.7 Å². The lowest BCUT2D eigenvalue weighted by atomic mass is 10.2. The molecule has 2 aromatic carbocycles. The Morgan fingerprint density at radius 2 is 1.50 bits per heavy atom. The summed E-state index contributed by atoms with van der Waals surface area (Å²) < 4.78 is 31.9. The van der Waals surface area contributed by atoms with Gasteiger partial charge in [0.05, 0.1) is 18.1 Å². The summed E-state index contributed by atoms with van der Waals surface area (Å²) in [6.07, 6.45) is 1.21. The number of rotatable bonds is 7. The Bertz CT molecular complexity index is 982. The van der Waals surface area contributed by atoms with Gasteiger partial charge in [-0.05, 0) is 55.0 Å². The topological polar surface area (TPSA) is 105 Å². The second kappa shape index (κ2) is 9.84. The van der Waals surface area contributed by atoms with Gasteiger partial charge in [0, 0.05) is 36.4 Å². The molecule has 1 fully saturated rings. The van der Waals surface area contributed by atoms with Gasteiger partial charge in [-0.1, -0.05) is 6.92 Å². The zero-order valence-corrected chi connectivity index (χ0v) is 17.6. The summed E-state index contributed by atoms with van der Waals surface area (Å²) in [5.74, 6) is -0.396. The number of nitrogens with zero attached hydrogens (tertiary/aromatic N) is 1. The second-order valence-electron chi connectivity index (χ2n) is 6.87. The minimum absolute atomic E-state index is 0.0678. The number of carbonyl (C=O) groups is 2. The summed E-state index contributed by atoms with van der Waals surface area (Å²) in [7, 11) is -3.57. The van der Waals surface area contributed by atoms with E-state index >= 15 is 0 Å². The molecule has 0 spiro atoms. The summed E-state index contributed by atoms with van der Waals surface area (Å²) in [6, 6.07) is 12.7. The predicted octanol–water partition coefficient (Wildman–Crippen LogP) is 2.70. The van der Waals surface area contributed by atoms with E-state index in [1.807, 2.05) is 6.92 Å². The SMILES string of the molecule is CCCC(=O)Nc1ccc(C(=O)Nc2ccc(S(=O)(=O)N3CCOCC3)cc2)cc1. The number of sulfonamides is 1. The van der Waals surface area contributed by atoms with Gasteiger partial charge >= 0.3 is 0 Å². The smallest absolute Gasteiger partial charge is 0.255 e. The molecule has 0 aliphatic carbocycles. The van der Waals surface area contributed by atoms with E-state index < -0.39 is 10.0 Å². The highest BCUT2D eigenvalue weighted by molar-refractivity contribution is 7.89. The average Bonchev–Trinajstić information content (AvgIpc) is 2.75. The molecule has 0 saturated carbocycles. The maximum absolute atomic E-state index is 12.6. The molecule has 3 rings (SSSR count). The summed E-state index contributed by atoms with van der Waals surface area (Å²) in [6.45, 7) is 3.35. The maximum atomic E-state index is 12.6. The predicted molar refractivity (Wildman–Crippen MR) is 114 cm³/mol. The van der Waals surface area contributed by atoms with Gasteiger partial charge in [0.25, 0.3) is 5.91 Å². The number of benzene rings is 2. The van der Waals surface area contributed by atoms with Crippen molar-refractivity contribution in [3.05, 3.63) is 54.1 Å². The number of morpholine rings is 1. The molecule has 1 saturated heterocycles. The van der Waals surface area contributed by atoms with Gasteiger partial charge < -0.3 is 15.4 Å². The van der Waals surface area contributed by atoms with E-state index in [-0.39, 0.29) is 16.7 Å². The Kier molecular flexibility index (Phi) is 7.20. The van der Waals surface area contributed by atoms with E-state index in [9.17, 15) is 18.0 Å². The van der Waals surface area contributed by atoms with Gasteiger partial charge in [-0.2, -0.15) is 4.31 Å². The number of nitrogens with one attached hydrogen (secondary N) is 2. The van der Waals surface area contributed by atoms with Crippen molar-refractivity contribution in [2.45, 2.75) is 24.7 Å². The fraction of sp³-hybridized carbons (Fsp3) is 0.333. The third kappa shape index (κ3) is 5.44. The van der Waals surface area contributed by atoms with Crippen LogP contribution in [0.3, 0.4) is 0 Å². The van der Waals surface area contributed by atoms with Crippen molar-refractivity contribution in [2.24, 2.45) is 0 Å². The van der Waals surface area contributed by atoms with E-state index in [0.717, 1.165) is 6.42 Å². The molecule has 0 atom stereocenters. The molecular formula is C21H25N3O5S. The minimum Gasteiger partial charge on any atom is -0.379 e. The van der Waals surface area contributed by atoms with Crippen LogP contribution in [-0.4, -0.2) is 50.8 Å². The summed E-state index contributed by atoms with van der Waals surface area (Å²) in [5.41, 5.74) is 1.54. The van der Waals surface area contributed by atoms with Crippen molar-refractivity contribution in [2.75, 3.05) is 36.9 Å². The molecule has 1 aliphatic rings. The summed E-state index contributed by atoms with van der Waals surface area (Å²) in [5, 5.41) is 5.51. The van der Waals surface area contributed by atoms with Crippen LogP contribution >= 0.6 is 0 Å². The largest absolute Gasteiger partial charge is 0.379 e. The molecule has 0 bridgehead atoms. The van der Waals surface area contributed by atoms with Crippen LogP contribution in [0.5, 0.6) is 0 Å². The molecule has 0 unspecified atom stereocenters. The third-order valence-corrected chi connectivity index (χ3v) is 6.54. The Labute approximate surface area is 176 Å². The second-order valence-corrected chi connectivity index (χ2v) is 8.81. The lowest BCUT2D eigenvalue weighted by Crippen LogP contribution is -2.40. The quantitative estimate of drug-likeness (QED) is 0.701. The molecule has 9 heteroatoms. The van der Waals surface area contributed by atoms with Gasteiger partial charge in [-0.3, -0.25) is 9.59 Å². The van der Waals surface area contributed by atoms with Crippen molar-refractivity contribution in [3.8, 4) is 0 Å². The Hall–Kier alpha value is -2.75. The molecule has 2 amide bonds. The van der Waals surface area contributed by atoms with Crippen LogP contribution < -0.4 is 10.6 Å². The van der Waals surface area contributed by atoms with Gasteiger partial charge in [0.15, 0.2) is 0 Å². The molecule has 160 valence electrons. The normalized spacial score (nSPS) is 14.8. The fourth-order valence-corrected chi connectivity index (χ4v) is 4.41. The van der Waals surface area contributed by atoms with Crippen LogP contribution in [0.2, 0.25) is 0 Å². The van der Waals surface area contributed by atoms with Crippen molar-refractivity contribution in [1.29, 1.82) is 0 Å². The number of amides is 2. The zero-order valence-electron chi connectivity index (χ0n) is 16.8. The van der Waals surface area contributed by atoms with Gasteiger partial charge in [-0.25, -0.2) is 8.42 Å². The molecule has 30 heavy (non-hydrogen) atoms. The number of hydrogen-bond donors (Lipinski definition) is 2. The monoisotopic (exact) mass is 431 g/mol. The lowest BCUT2D eigenvalue weighted by molar-refractivity contribution is -0.116. The Morgan fingerprint density at radius 1 is 0.933 bits per heavy atom. The first-order chi connectivity index (χ1) is 14.4. The van der Waals surface area contributed by atoms with Gasteiger partial charge in [-0.15, -0.1) is 0 Å². The maximum Gasteiger partial charge on any atom is 0.255 e. The van der Waals surface area contributed by atoms with Crippen LogP contribution in [0, 0.1) is 0 Å². The number of ether oxygens (including phenoxy) is 1. The van der Waals surface area contributed by atoms with E-state index in [2.05, 4.69) is 10.6 Å². The van der Waals surface area contributed by atoms with Gasteiger partial charge in [0.1, 0.15) is 0 Å². The van der Waals surface area contributed by atoms with Crippen LogP contribution in [0.1, 0.15) is 30.1 Å². The van der Waals surface area contributed by atoms with Crippen molar-refractivity contribution >= 4 is 33.2 Å². The molecular weight excluding hydrogens is 406 g/mol. The molecule has 0 radical (unpaired) electrons. The number of hydrogen-bond acceptors (Lipinski definition) is 5. The van der Waals surface area contributed by atoms with E-state index in [4.69, 9.17) is 4.74 Å². The molecule has 1 heterocycles. The first-order valence-corrected chi connectivity index (χ1v) is 11.2. The Morgan fingerprint density at radius 3 is 2.10 bits per heavy atom. The zero-order chi connectivity index (χ0) is 21.6. The van der Waals surface area contributed by atoms with Crippen LogP contribution in [0.25, 0.3) is 0 Å². The highest BCUT2D eigenvalue weighted by Gasteiger charge is 2.26. The molecule has 8 nitrogen and oxygen atoms in total. The van der Waals surface area contributed by atoms with Gasteiger partial charge in [0.2, 0.25) is 15.9 Å². The molecule has 0 aromatic heterocycles. The van der Waals surface area contributed by atoms with E-state index in [1.165, 1.54) is 16.4 Å². The van der Waals surface area contributed by atoms with Crippen LogP contribution in [0.15, 0.2) is 53.4 Å². The number of carbonyl (C=O) groups excluding carboxylic acids is 2. The first-order valence-electron chi connectivity index (χ1n) is 9.79. The fourth-order valence-electron chi connectivity index (χ4n) is 3.01. The third-order valence-electron chi connectivity index (χ3n) is 4.63. The molecule has 2 N–H and O–H groups in total. The van der Waals surface area contributed by atoms with Crippen molar-refractivity contribution < 1.29 is 22.7 Å². The average molecular weight is 432 g/mol. The minimum atomic E-state index is -3.57. The highest BCUT2D eigenvalue weighted by Crippen LogP contribution is 2.20. The molecule has 1 aliphatic heterocycles. The summed E-state index contributed by atoms with van der Waals surface area (Å²) in [4.78, 5) is 24.2. The van der Waals surface area contributed by atoms with Crippen molar-refractivity contribution in [3.63, 3.8) is 0 Å². The molecule has 2 aromatic rings. The van der Waals surface area contributed by atoms with Crippen LogP contribution in [-0.2, 0) is 19.6 Å². The Balaban J connectivity index is 1.62. The summed E-state index contributed by atoms with van der Waals surface area (Å²) >= 11 is 0. The number of anilines is 2. The van der Waals surface area contributed by atoms with E-state index in [1.54, 1.807) is 36.4 Å². The standard InChI is InChI=1S/C21H25N3O5S/c1-2-3-20(25)22-17-6-4-16(5-7-17)21(26)23-18-8-10-19(11-9-18)30(27,28)24-12-14-29-15-13-24/h4-11H,2-3,12-15H2,1H3,(H,22,25)(H,23,26). The first kappa shape index (κ1) is 21.9. The van der Waals surface area contributed by atoms with Crippen LogP contribution in [0.4, 0.5) is 11.4 Å². The van der Waals surface area contributed by atoms with Crippen molar-refractivity contribution in [1.82, 2.24) is 4.31 Å². The lowest BCUT2D eigenvalue weighted by Gasteiger charge is -2.26.